The van der Waals surface area contributed by atoms with Crippen LogP contribution in [-0.2, 0) is 0 Å². The molecular formula is C18H26N2. The van der Waals surface area contributed by atoms with Gasteiger partial charge in [0, 0.05) is 25.2 Å². The maximum absolute atomic E-state index is 5.38. The van der Waals surface area contributed by atoms with Gasteiger partial charge in [-0.1, -0.05) is 49.6 Å². The maximum Gasteiger partial charge on any atom is 0.0598 e. The van der Waals surface area contributed by atoms with E-state index in [1.165, 1.54) is 31.2 Å². The first-order valence-electron chi connectivity index (χ1n) is 7.80. The summed E-state index contributed by atoms with van der Waals surface area (Å²) in [5.74, 6) is 2.74. The molecule has 1 aliphatic rings. The average Bonchev–Trinajstić information content (AvgIpc) is 2.50. The Morgan fingerprint density at radius 1 is 1.30 bits per heavy atom. The Morgan fingerprint density at radius 3 is 2.60 bits per heavy atom. The largest absolute Gasteiger partial charge is 0.307 e. The van der Waals surface area contributed by atoms with Crippen LogP contribution >= 0.6 is 0 Å². The lowest BCUT2D eigenvalue weighted by molar-refractivity contribution is 0.207. The molecule has 0 amide bonds. The quantitative estimate of drug-likeness (QED) is 0.799. The van der Waals surface area contributed by atoms with E-state index < -0.39 is 0 Å². The van der Waals surface area contributed by atoms with Gasteiger partial charge in [0.2, 0.25) is 0 Å². The summed E-state index contributed by atoms with van der Waals surface area (Å²) in [6.07, 6.45) is 10.2. The highest BCUT2D eigenvalue weighted by molar-refractivity contribution is 5.19. The summed E-state index contributed by atoms with van der Waals surface area (Å²) in [4.78, 5) is 2.37. The zero-order chi connectivity index (χ0) is 14.2. The molecule has 2 rings (SSSR count). The summed E-state index contributed by atoms with van der Waals surface area (Å²) >= 11 is 0. The van der Waals surface area contributed by atoms with E-state index in [-0.39, 0.29) is 0 Å². The molecule has 0 aliphatic carbocycles. The van der Waals surface area contributed by atoms with Crippen LogP contribution in [0.3, 0.4) is 0 Å². The highest BCUT2D eigenvalue weighted by Gasteiger charge is 2.21. The minimum absolute atomic E-state index is 0.491. The van der Waals surface area contributed by atoms with Crippen molar-refractivity contribution in [1.29, 1.82) is 0 Å². The maximum atomic E-state index is 5.38. The topological polar surface area (TPSA) is 15.3 Å². The number of nitrogens with zero attached hydrogens (tertiary/aromatic N) is 1. The van der Waals surface area contributed by atoms with Gasteiger partial charge in [0.25, 0.3) is 0 Å². The van der Waals surface area contributed by atoms with Gasteiger partial charge in [-0.3, -0.25) is 4.90 Å². The first-order chi connectivity index (χ1) is 9.83. The van der Waals surface area contributed by atoms with Crippen LogP contribution in [0.5, 0.6) is 0 Å². The molecule has 1 N–H and O–H groups in total. The second-order valence-corrected chi connectivity index (χ2v) is 5.67. The van der Waals surface area contributed by atoms with Gasteiger partial charge < -0.3 is 5.32 Å². The van der Waals surface area contributed by atoms with E-state index in [2.05, 4.69) is 53.4 Å². The number of piperidine rings is 1. The fourth-order valence-electron chi connectivity index (χ4n) is 2.99. The second kappa shape index (κ2) is 8.09. The van der Waals surface area contributed by atoms with Gasteiger partial charge in [0.15, 0.2) is 0 Å². The number of benzene rings is 1. The molecule has 0 aromatic heterocycles. The third-order valence-corrected chi connectivity index (χ3v) is 4.12. The molecule has 1 saturated heterocycles. The molecule has 0 radical (unpaired) electrons. The summed E-state index contributed by atoms with van der Waals surface area (Å²) in [5.41, 5.74) is 1.42. The van der Waals surface area contributed by atoms with Gasteiger partial charge in [-0.05, 0) is 24.8 Å². The number of rotatable bonds is 6. The van der Waals surface area contributed by atoms with Crippen LogP contribution in [0.4, 0.5) is 0 Å². The monoisotopic (exact) mass is 270 g/mol. The van der Waals surface area contributed by atoms with Crippen molar-refractivity contribution >= 4 is 0 Å². The van der Waals surface area contributed by atoms with Crippen molar-refractivity contribution in [2.75, 3.05) is 19.6 Å². The van der Waals surface area contributed by atoms with Crippen molar-refractivity contribution in [2.45, 2.75) is 44.7 Å². The van der Waals surface area contributed by atoms with Crippen molar-refractivity contribution in [2.24, 2.45) is 0 Å². The Hall–Kier alpha value is -1.30. The van der Waals surface area contributed by atoms with E-state index in [9.17, 15) is 0 Å². The first kappa shape index (κ1) is 15.1. The summed E-state index contributed by atoms with van der Waals surface area (Å²) in [7, 11) is 0. The van der Waals surface area contributed by atoms with Gasteiger partial charge in [-0.2, -0.15) is 0 Å². The molecule has 0 bridgehead atoms. The Bertz CT molecular complexity index is 413. The predicted octanol–water partition coefficient (Wildman–Crippen LogP) is 3.22. The first-order valence-corrected chi connectivity index (χ1v) is 7.80. The van der Waals surface area contributed by atoms with Crippen LogP contribution in [0.1, 0.15) is 44.2 Å². The Morgan fingerprint density at radius 2 is 2.00 bits per heavy atom. The molecule has 20 heavy (non-hydrogen) atoms. The average molecular weight is 270 g/mol. The van der Waals surface area contributed by atoms with Gasteiger partial charge in [0.05, 0.1) is 6.54 Å². The van der Waals surface area contributed by atoms with Gasteiger partial charge in [-0.25, -0.2) is 0 Å². The molecule has 0 saturated carbocycles. The van der Waals surface area contributed by atoms with Gasteiger partial charge in [0.1, 0.15) is 0 Å². The number of hydrogen-bond donors (Lipinski definition) is 1. The fraction of sp³-hybridized carbons (Fsp3) is 0.556. The van der Waals surface area contributed by atoms with Gasteiger partial charge in [-0.15, -0.1) is 6.42 Å². The lowest BCUT2D eigenvalue weighted by atomic mass is 9.98. The van der Waals surface area contributed by atoms with Crippen molar-refractivity contribution in [3.63, 3.8) is 0 Å². The van der Waals surface area contributed by atoms with E-state index in [0.717, 1.165) is 19.6 Å². The molecule has 2 heteroatoms. The third-order valence-electron chi connectivity index (χ3n) is 4.12. The highest BCUT2D eigenvalue weighted by Crippen LogP contribution is 2.21. The summed E-state index contributed by atoms with van der Waals surface area (Å²) in [6.45, 7) is 5.29. The van der Waals surface area contributed by atoms with Crippen LogP contribution < -0.4 is 5.32 Å². The SMILES string of the molecule is C#CCN1CCC(NC(CCC)c2ccccc2)CC1. The number of nitrogens with one attached hydrogen (secondary N) is 1. The Labute approximate surface area is 123 Å². The van der Waals surface area contributed by atoms with Crippen molar-refractivity contribution in [3.8, 4) is 12.3 Å². The lowest BCUT2D eigenvalue weighted by Gasteiger charge is -2.34. The fourth-order valence-corrected chi connectivity index (χ4v) is 2.99. The number of hydrogen-bond acceptors (Lipinski definition) is 2. The van der Waals surface area contributed by atoms with E-state index in [0.29, 0.717) is 12.1 Å². The molecule has 1 aliphatic heterocycles. The second-order valence-electron chi connectivity index (χ2n) is 5.67. The molecule has 1 unspecified atom stereocenters. The van der Waals surface area contributed by atoms with E-state index in [4.69, 9.17) is 6.42 Å². The molecule has 1 atom stereocenters. The summed E-state index contributed by atoms with van der Waals surface area (Å²) < 4.78 is 0. The highest BCUT2D eigenvalue weighted by atomic mass is 15.1. The molecule has 1 aromatic carbocycles. The smallest absolute Gasteiger partial charge is 0.0598 e. The lowest BCUT2D eigenvalue weighted by Crippen LogP contribution is -2.43. The molecule has 0 spiro atoms. The molecule has 2 nitrogen and oxygen atoms in total. The van der Waals surface area contributed by atoms with Crippen LogP contribution in [0, 0.1) is 12.3 Å². The molecule has 1 aromatic rings. The Kier molecular flexibility index (Phi) is 6.11. The van der Waals surface area contributed by atoms with Crippen LogP contribution in [0.15, 0.2) is 30.3 Å². The van der Waals surface area contributed by atoms with Crippen LogP contribution in [0.25, 0.3) is 0 Å². The minimum Gasteiger partial charge on any atom is -0.307 e. The Balaban J connectivity index is 1.88. The van der Waals surface area contributed by atoms with Crippen LogP contribution in [-0.4, -0.2) is 30.6 Å². The third kappa shape index (κ3) is 4.37. The summed E-state index contributed by atoms with van der Waals surface area (Å²) in [6, 6.07) is 11.9. The molecule has 1 heterocycles. The zero-order valence-corrected chi connectivity index (χ0v) is 12.5. The summed E-state index contributed by atoms with van der Waals surface area (Å²) in [5, 5.41) is 3.86. The van der Waals surface area contributed by atoms with E-state index in [1.54, 1.807) is 0 Å². The normalized spacial score (nSPS) is 18.6. The van der Waals surface area contributed by atoms with E-state index in [1.807, 2.05) is 0 Å². The van der Waals surface area contributed by atoms with Crippen LogP contribution in [0.2, 0.25) is 0 Å². The van der Waals surface area contributed by atoms with Gasteiger partial charge >= 0.3 is 0 Å². The van der Waals surface area contributed by atoms with E-state index >= 15 is 0 Å². The van der Waals surface area contributed by atoms with Crippen molar-refractivity contribution in [1.82, 2.24) is 10.2 Å². The van der Waals surface area contributed by atoms with Crippen molar-refractivity contribution in [3.05, 3.63) is 35.9 Å². The predicted molar refractivity (Wildman–Crippen MR) is 85.5 cm³/mol. The standard InChI is InChI=1S/C18H26N2/c1-3-8-18(16-9-6-5-7-10-16)19-17-11-14-20(13-4-2)15-12-17/h2,5-7,9-10,17-19H,3,8,11-15H2,1H3. The number of likely N-dealkylation sites (tertiary alicyclic amines) is 1. The molecular weight excluding hydrogens is 244 g/mol. The van der Waals surface area contributed by atoms with Crippen molar-refractivity contribution < 1.29 is 0 Å². The molecule has 108 valence electrons. The minimum atomic E-state index is 0.491. The zero-order valence-electron chi connectivity index (χ0n) is 12.5. The number of terminal acetylenes is 1. The molecule has 1 fully saturated rings.